The smallest absolute Gasteiger partial charge is 0.298 e. The van der Waals surface area contributed by atoms with Gasteiger partial charge in [-0.25, -0.2) is 15.8 Å². The molecule has 0 atom stereocenters. The molecule has 0 heterocycles. The predicted octanol–water partition coefficient (Wildman–Crippen LogP) is 9.49. The van der Waals surface area contributed by atoms with Crippen LogP contribution in [0.4, 0.5) is 0 Å². The van der Waals surface area contributed by atoms with Gasteiger partial charge in [0.25, 0.3) is 30.4 Å². The number of hydrogen-bond acceptors (Lipinski definition) is 20. The minimum absolute atomic E-state index is 0.0374. The molecule has 0 fully saturated rings. The Bertz CT molecular complexity index is 3000. The largest absolute Gasteiger partial charge is 0.495 e. The second kappa shape index (κ2) is 20.7. The molecular formula is C38H30O20S6. The molecule has 6 aromatic rings. The standard InChI is InChI=1S/C38H30O20S6/c1-21-30(22-3-9-28(10-4-22)59-56-53-39)15-26(18-34(21)60-57-54-40)27-16-31(23-5-11-29(12-6-23)62(42,43)44)38(37(20-27)64(48,49)50)52-32-13-7-24(17-35(32)61-58-55-41)25-8-14-33(51-2)36(19-25)63(45,46)47/h3-20,39-41H,1-2H3,(H,42,43,44)(H,45,46,47)(H,48,49,50). The molecule has 0 saturated carbocycles. The van der Waals surface area contributed by atoms with Crippen molar-refractivity contribution in [3.8, 4) is 61.8 Å². The normalized spacial score (nSPS) is 12.1. The summed E-state index contributed by atoms with van der Waals surface area (Å²) in [4.78, 5) is -1.02. The zero-order valence-corrected chi connectivity index (χ0v) is 37.1. The predicted molar refractivity (Wildman–Crippen MR) is 227 cm³/mol. The highest BCUT2D eigenvalue weighted by Crippen LogP contribution is 2.47. The van der Waals surface area contributed by atoms with Gasteiger partial charge in [0.2, 0.25) is 0 Å². The highest BCUT2D eigenvalue weighted by molar-refractivity contribution is 7.95. The Morgan fingerprint density at radius 3 is 1.52 bits per heavy atom. The van der Waals surface area contributed by atoms with Crippen LogP contribution in [0.5, 0.6) is 17.2 Å². The molecule has 0 unspecified atom stereocenters. The molecule has 20 nitrogen and oxygen atoms in total. The fraction of sp³-hybridized carbons (Fsp3) is 0.0526. The lowest BCUT2D eigenvalue weighted by molar-refractivity contribution is -0.432. The SMILES string of the molecule is COc1ccc(-c2ccc(Oc3c(-c4ccc(S(=O)(=O)O)cc4)cc(-c4cc(SOOO)c(C)c(-c5ccc(SOOO)cc5)c4)cc3S(=O)(=O)O)c(SOOO)c2)cc1S(=O)(=O)O. The number of benzene rings is 6. The molecule has 0 aliphatic rings. The Hall–Kier alpha value is -4.66. The van der Waals surface area contributed by atoms with Crippen LogP contribution >= 0.6 is 36.1 Å². The van der Waals surface area contributed by atoms with Crippen molar-refractivity contribution in [1.82, 2.24) is 0 Å². The number of hydrogen-bond donors (Lipinski definition) is 6. The van der Waals surface area contributed by atoms with E-state index in [1.165, 1.54) is 55.6 Å². The Labute approximate surface area is 376 Å². The molecule has 338 valence electrons. The van der Waals surface area contributed by atoms with E-state index in [4.69, 9.17) is 29.6 Å². The maximum Gasteiger partial charge on any atom is 0.298 e. The van der Waals surface area contributed by atoms with Gasteiger partial charge in [-0.15, -0.1) is 13.0 Å². The maximum absolute atomic E-state index is 13.4. The third kappa shape index (κ3) is 11.6. The summed E-state index contributed by atoms with van der Waals surface area (Å²) in [6.07, 6.45) is 0. The Morgan fingerprint density at radius 2 is 0.938 bits per heavy atom. The molecule has 0 aliphatic carbocycles. The first-order chi connectivity index (χ1) is 30.4. The van der Waals surface area contributed by atoms with Crippen molar-refractivity contribution in [1.29, 1.82) is 0 Å². The Kier molecular flexibility index (Phi) is 15.8. The maximum atomic E-state index is 13.4. The van der Waals surface area contributed by atoms with Crippen LogP contribution < -0.4 is 9.47 Å². The average Bonchev–Trinajstić information content (AvgIpc) is 3.26. The van der Waals surface area contributed by atoms with Gasteiger partial charge in [-0.05, 0) is 124 Å². The second-order valence-electron chi connectivity index (χ2n) is 12.8. The minimum atomic E-state index is -5.24. The molecule has 0 bridgehead atoms. The van der Waals surface area contributed by atoms with Crippen LogP contribution in [0.1, 0.15) is 5.56 Å². The third-order valence-electron chi connectivity index (χ3n) is 9.05. The van der Waals surface area contributed by atoms with E-state index in [9.17, 15) is 38.9 Å². The van der Waals surface area contributed by atoms with Crippen molar-refractivity contribution in [2.75, 3.05) is 7.11 Å². The summed E-state index contributed by atoms with van der Waals surface area (Å²) < 4.78 is 131. The molecule has 0 spiro atoms. The van der Waals surface area contributed by atoms with Crippen LogP contribution in [0.3, 0.4) is 0 Å². The van der Waals surface area contributed by atoms with Crippen LogP contribution in [0, 0.1) is 6.92 Å². The van der Waals surface area contributed by atoms with E-state index in [0.29, 0.717) is 56.1 Å². The van der Waals surface area contributed by atoms with Crippen molar-refractivity contribution in [2.45, 2.75) is 36.3 Å². The first-order valence-corrected chi connectivity index (χ1v) is 23.8. The summed E-state index contributed by atoms with van der Waals surface area (Å²) in [5.74, 6) is -0.877. The van der Waals surface area contributed by atoms with E-state index in [0.717, 1.165) is 36.3 Å². The van der Waals surface area contributed by atoms with E-state index in [1.54, 1.807) is 43.3 Å². The van der Waals surface area contributed by atoms with E-state index in [-0.39, 0.29) is 44.2 Å². The minimum Gasteiger partial charge on any atom is -0.495 e. The van der Waals surface area contributed by atoms with E-state index >= 15 is 0 Å². The first-order valence-electron chi connectivity index (χ1n) is 17.3. The van der Waals surface area contributed by atoms with Gasteiger partial charge in [-0.3, -0.25) is 13.7 Å². The van der Waals surface area contributed by atoms with Crippen LogP contribution in [0.15, 0.2) is 139 Å². The molecule has 6 aromatic carbocycles. The summed E-state index contributed by atoms with van der Waals surface area (Å²) in [6.45, 7) is 1.73. The van der Waals surface area contributed by atoms with Gasteiger partial charge in [-0.2, -0.15) is 25.3 Å². The number of methoxy groups -OCH3 is 1. The van der Waals surface area contributed by atoms with Crippen molar-refractivity contribution in [3.63, 3.8) is 0 Å². The monoisotopic (exact) mass is 998 g/mol. The molecule has 0 aromatic heterocycles. The van der Waals surface area contributed by atoms with Crippen molar-refractivity contribution in [3.05, 3.63) is 115 Å². The topological polar surface area (TPSA) is 298 Å². The molecule has 6 N–H and O–H groups in total. The van der Waals surface area contributed by atoms with Gasteiger partial charge in [0.15, 0.2) is 5.75 Å². The second-order valence-corrected chi connectivity index (χ2v) is 19.2. The lowest BCUT2D eigenvalue weighted by atomic mass is 9.93. The molecule has 6 rings (SSSR count). The fourth-order valence-corrected chi connectivity index (χ4v) is 9.34. The summed E-state index contributed by atoms with van der Waals surface area (Å²) in [6, 6.07) is 25.0. The third-order valence-corrected chi connectivity index (χ3v) is 13.6. The summed E-state index contributed by atoms with van der Waals surface area (Å²) in [5, 5.41) is 37.9. The molecule has 0 saturated heterocycles. The first kappa shape index (κ1) is 48.8. The van der Waals surface area contributed by atoms with E-state index in [2.05, 4.69) is 23.8 Å². The highest BCUT2D eigenvalue weighted by Gasteiger charge is 2.27. The number of ether oxygens (including phenoxy) is 2. The fourth-order valence-electron chi connectivity index (χ4n) is 6.18. The Morgan fingerprint density at radius 1 is 0.469 bits per heavy atom. The summed E-state index contributed by atoms with van der Waals surface area (Å²) in [5.41, 5.74) is 2.72. The van der Waals surface area contributed by atoms with Crippen molar-refractivity contribution in [2.24, 2.45) is 0 Å². The lowest BCUT2D eigenvalue weighted by Gasteiger charge is -2.20. The van der Waals surface area contributed by atoms with Crippen molar-refractivity contribution < 1.29 is 92.3 Å². The highest BCUT2D eigenvalue weighted by atomic mass is 32.2. The molecular weight excluding hydrogens is 969 g/mol. The molecule has 0 aliphatic heterocycles. The van der Waals surface area contributed by atoms with Crippen LogP contribution in [-0.2, 0) is 58.5 Å². The summed E-state index contributed by atoms with van der Waals surface area (Å²) >= 11 is 1.69. The molecule has 26 heteroatoms. The van der Waals surface area contributed by atoms with Gasteiger partial charge < -0.3 is 9.47 Å². The van der Waals surface area contributed by atoms with Crippen molar-refractivity contribution >= 4 is 66.5 Å². The zero-order valence-electron chi connectivity index (χ0n) is 32.2. The van der Waals surface area contributed by atoms with E-state index in [1.807, 2.05) is 0 Å². The van der Waals surface area contributed by atoms with Crippen LogP contribution in [-0.4, -0.2) is 61.8 Å². The van der Waals surface area contributed by atoms with Gasteiger partial charge in [-0.1, -0.05) is 51.5 Å². The van der Waals surface area contributed by atoms with Gasteiger partial charge >= 0.3 is 0 Å². The molecule has 64 heavy (non-hydrogen) atoms. The Balaban J connectivity index is 1.58. The van der Waals surface area contributed by atoms with Crippen LogP contribution in [0.25, 0.3) is 44.5 Å². The summed E-state index contributed by atoms with van der Waals surface area (Å²) in [7, 11) is -13.5. The zero-order chi connectivity index (χ0) is 46.4. The lowest BCUT2D eigenvalue weighted by Crippen LogP contribution is -2.05. The van der Waals surface area contributed by atoms with Gasteiger partial charge in [0, 0.05) is 15.4 Å². The van der Waals surface area contributed by atoms with E-state index < -0.39 is 50.8 Å². The van der Waals surface area contributed by atoms with Gasteiger partial charge in [0.1, 0.15) is 21.3 Å². The molecule has 0 radical (unpaired) electrons. The number of rotatable bonds is 19. The van der Waals surface area contributed by atoms with Crippen LogP contribution in [0.2, 0.25) is 0 Å². The molecule has 0 amide bonds. The quantitative estimate of drug-likeness (QED) is 0.0190. The van der Waals surface area contributed by atoms with Gasteiger partial charge in [0.05, 0.1) is 53.0 Å². The average molecular weight is 999 g/mol.